The fourth-order valence-corrected chi connectivity index (χ4v) is 1.48. The Labute approximate surface area is 80.9 Å². The highest BCUT2D eigenvalue weighted by atomic mass is 16.1. The van der Waals surface area contributed by atoms with Crippen LogP contribution in [0, 0.1) is 12.3 Å². The van der Waals surface area contributed by atoms with Gasteiger partial charge in [0.05, 0.1) is 5.56 Å². The van der Waals surface area contributed by atoms with Gasteiger partial charge in [0.1, 0.15) is 5.69 Å². The zero-order valence-corrected chi connectivity index (χ0v) is 7.37. The van der Waals surface area contributed by atoms with E-state index in [1.807, 2.05) is 24.3 Å². The molecule has 0 aliphatic rings. The molecule has 1 amide bonds. The van der Waals surface area contributed by atoms with Gasteiger partial charge in [-0.3, -0.25) is 4.79 Å². The highest BCUT2D eigenvalue weighted by molar-refractivity contribution is 6.02. The number of primary amides is 1. The van der Waals surface area contributed by atoms with Crippen LogP contribution in [0.3, 0.4) is 0 Å². The van der Waals surface area contributed by atoms with E-state index in [9.17, 15) is 4.79 Å². The molecule has 0 fully saturated rings. The van der Waals surface area contributed by atoms with Crippen LogP contribution >= 0.6 is 0 Å². The molecule has 68 valence electrons. The third-order valence-corrected chi connectivity index (χ3v) is 2.10. The fourth-order valence-electron chi connectivity index (χ4n) is 1.48. The van der Waals surface area contributed by atoms with E-state index in [4.69, 9.17) is 12.2 Å². The summed E-state index contributed by atoms with van der Waals surface area (Å²) in [6, 6.07) is 7.43. The average molecular weight is 184 g/mol. The number of carbonyl (C=O) groups is 1. The molecule has 0 spiro atoms. The summed E-state index contributed by atoms with van der Waals surface area (Å²) in [6.45, 7) is 0. The molecule has 1 aromatic heterocycles. The van der Waals surface area contributed by atoms with Gasteiger partial charge in [0.2, 0.25) is 0 Å². The topological polar surface area (TPSA) is 58.9 Å². The van der Waals surface area contributed by atoms with Gasteiger partial charge < -0.3 is 10.7 Å². The molecule has 0 aliphatic carbocycles. The van der Waals surface area contributed by atoms with Gasteiger partial charge in [-0.25, -0.2) is 0 Å². The normalized spacial score (nSPS) is 9.93. The number of terminal acetylenes is 1. The first-order valence-corrected chi connectivity index (χ1v) is 4.11. The van der Waals surface area contributed by atoms with Crippen molar-refractivity contribution in [2.45, 2.75) is 0 Å². The summed E-state index contributed by atoms with van der Waals surface area (Å²) >= 11 is 0. The number of H-pyrrole nitrogens is 1. The molecule has 3 nitrogen and oxygen atoms in total. The maximum Gasteiger partial charge on any atom is 0.266 e. The summed E-state index contributed by atoms with van der Waals surface area (Å²) in [5.74, 6) is 1.93. The maximum atomic E-state index is 11.0. The lowest BCUT2D eigenvalue weighted by atomic mass is 10.1. The first kappa shape index (κ1) is 8.39. The molecule has 2 rings (SSSR count). The van der Waals surface area contributed by atoms with Gasteiger partial charge in [0, 0.05) is 10.9 Å². The van der Waals surface area contributed by atoms with Gasteiger partial charge in [0.25, 0.3) is 5.91 Å². The average Bonchev–Trinajstić information content (AvgIpc) is 2.56. The van der Waals surface area contributed by atoms with Crippen molar-refractivity contribution in [1.29, 1.82) is 0 Å². The van der Waals surface area contributed by atoms with Crippen molar-refractivity contribution in [2.75, 3.05) is 0 Å². The van der Waals surface area contributed by atoms with E-state index in [0.29, 0.717) is 11.3 Å². The number of benzene rings is 1. The Balaban J connectivity index is 2.87. The summed E-state index contributed by atoms with van der Waals surface area (Å²) in [6.07, 6.45) is 5.32. The van der Waals surface area contributed by atoms with Crippen LogP contribution in [0.5, 0.6) is 0 Å². The van der Waals surface area contributed by atoms with Crippen LogP contribution in [0.15, 0.2) is 24.3 Å². The molecule has 14 heavy (non-hydrogen) atoms. The summed E-state index contributed by atoms with van der Waals surface area (Å²) in [7, 11) is 0. The van der Waals surface area contributed by atoms with E-state index in [0.717, 1.165) is 10.9 Å². The van der Waals surface area contributed by atoms with E-state index >= 15 is 0 Å². The summed E-state index contributed by atoms with van der Waals surface area (Å²) in [4.78, 5) is 13.9. The molecule has 3 heteroatoms. The Morgan fingerprint density at radius 1 is 1.43 bits per heavy atom. The van der Waals surface area contributed by atoms with Crippen LogP contribution in [0.25, 0.3) is 10.9 Å². The molecule has 0 radical (unpaired) electrons. The zero-order valence-electron chi connectivity index (χ0n) is 7.37. The van der Waals surface area contributed by atoms with Crippen molar-refractivity contribution in [1.82, 2.24) is 4.98 Å². The minimum absolute atomic E-state index is 0.300. The number of amides is 1. The zero-order chi connectivity index (χ0) is 10.1. The van der Waals surface area contributed by atoms with Crippen LogP contribution in [0.2, 0.25) is 0 Å². The van der Waals surface area contributed by atoms with Crippen LogP contribution in [0.1, 0.15) is 16.1 Å². The van der Waals surface area contributed by atoms with E-state index in [2.05, 4.69) is 10.9 Å². The summed E-state index contributed by atoms with van der Waals surface area (Å²) in [5, 5.41) is 0.851. The number of rotatable bonds is 1. The number of carbonyl (C=O) groups excluding carboxylic acids is 1. The second-order valence-electron chi connectivity index (χ2n) is 2.93. The second kappa shape index (κ2) is 2.93. The van der Waals surface area contributed by atoms with Crippen LogP contribution in [-0.2, 0) is 0 Å². The van der Waals surface area contributed by atoms with Crippen molar-refractivity contribution < 1.29 is 4.79 Å². The minimum atomic E-state index is -0.533. The predicted octanol–water partition coefficient (Wildman–Crippen LogP) is 1.25. The molecule has 3 N–H and O–H groups in total. The molecule has 0 bridgehead atoms. The smallest absolute Gasteiger partial charge is 0.266 e. The van der Waals surface area contributed by atoms with Crippen molar-refractivity contribution in [3.8, 4) is 12.3 Å². The van der Waals surface area contributed by atoms with Gasteiger partial charge in [-0.05, 0) is 6.07 Å². The van der Waals surface area contributed by atoms with Crippen molar-refractivity contribution in [3.63, 3.8) is 0 Å². The lowest BCUT2D eigenvalue weighted by molar-refractivity contribution is 0.0996. The van der Waals surface area contributed by atoms with Crippen molar-refractivity contribution in [3.05, 3.63) is 35.5 Å². The molecule has 0 atom stereocenters. The molecule has 0 saturated heterocycles. The number of hydrogen-bond acceptors (Lipinski definition) is 1. The molecule has 2 aromatic rings. The van der Waals surface area contributed by atoms with E-state index in [1.54, 1.807) is 0 Å². The fraction of sp³-hybridized carbons (Fsp3) is 0. The standard InChI is InChI=1S/C11H8N2O/c1-2-7-8-5-3-4-6-9(8)13-10(7)11(12)14/h1,3-6,13H,(H2,12,14). The van der Waals surface area contributed by atoms with Gasteiger partial charge in [-0.2, -0.15) is 0 Å². The van der Waals surface area contributed by atoms with Crippen LogP contribution in [0.4, 0.5) is 0 Å². The number of aromatic nitrogens is 1. The Kier molecular flexibility index (Phi) is 1.76. The third kappa shape index (κ3) is 1.05. The molecule has 0 saturated carbocycles. The Hall–Kier alpha value is -2.21. The van der Waals surface area contributed by atoms with Gasteiger partial charge >= 0.3 is 0 Å². The largest absolute Gasteiger partial charge is 0.364 e. The van der Waals surface area contributed by atoms with E-state index in [1.165, 1.54) is 0 Å². The first-order chi connectivity index (χ1) is 6.74. The molecule has 1 heterocycles. The minimum Gasteiger partial charge on any atom is -0.364 e. The molecule has 0 unspecified atom stereocenters. The first-order valence-electron chi connectivity index (χ1n) is 4.11. The third-order valence-electron chi connectivity index (χ3n) is 2.10. The highest BCUT2D eigenvalue weighted by Gasteiger charge is 2.12. The van der Waals surface area contributed by atoms with Gasteiger partial charge in [-0.1, -0.05) is 24.1 Å². The van der Waals surface area contributed by atoms with Gasteiger partial charge in [-0.15, -0.1) is 6.42 Å². The quantitative estimate of drug-likeness (QED) is 0.644. The number of fused-ring (bicyclic) bond motifs is 1. The highest BCUT2D eigenvalue weighted by Crippen LogP contribution is 2.20. The monoisotopic (exact) mass is 184 g/mol. The number of nitrogens with one attached hydrogen (secondary N) is 1. The number of aromatic amines is 1. The van der Waals surface area contributed by atoms with Crippen molar-refractivity contribution in [2.24, 2.45) is 5.73 Å². The summed E-state index contributed by atoms with van der Waals surface area (Å²) in [5.41, 5.74) is 6.85. The number of para-hydroxylation sites is 1. The second-order valence-corrected chi connectivity index (χ2v) is 2.93. The maximum absolute atomic E-state index is 11.0. The predicted molar refractivity (Wildman–Crippen MR) is 54.8 cm³/mol. The Bertz CT molecular complexity index is 546. The van der Waals surface area contributed by atoms with E-state index in [-0.39, 0.29) is 0 Å². The van der Waals surface area contributed by atoms with Crippen molar-refractivity contribution >= 4 is 16.8 Å². The lowest BCUT2D eigenvalue weighted by Crippen LogP contribution is -2.12. The number of hydrogen-bond donors (Lipinski definition) is 2. The van der Waals surface area contributed by atoms with Gasteiger partial charge in [0.15, 0.2) is 0 Å². The number of nitrogens with two attached hydrogens (primary N) is 1. The van der Waals surface area contributed by atoms with Crippen LogP contribution < -0.4 is 5.73 Å². The Morgan fingerprint density at radius 2 is 2.14 bits per heavy atom. The van der Waals surface area contributed by atoms with Crippen LogP contribution in [-0.4, -0.2) is 10.9 Å². The Morgan fingerprint density at radius 3 is 2.79 bits per heavy atom. The molecule has 1 aromatic carbocycles. The SMILES string of the molecule is C#Cc1c(C(N)=O)[nH]c2ccccc12. The van der Waals surface area contributed by atoms with E-state index < -0.39 is 5.91 Å². The molecule has 0 aliphatic heterocycles. The summed E-state index contributed by atoms with van der Waals surface area (Å²) < 4.78 is 0. The molecular weight excluding hydrogens is 176 g/mol. The lowest BCUT2D eigenvalue weighted by Gasteiger charge is -1.90. The molecular formula is C11H8N2O.